The van der Waals surface area contributed by atoms with Gasteiger partial charge in [-0.25, -0.2) is 0 Å². The van der Waals surface area contributed by atoms with Crippen LogP contribution in [0.15, 0.2) is 17.6 Å². The van der Waals surface area contributed by atoms with Crippen LogP contribution in [0.25, 0.3) is 0 Å². The molecule has 0 aromatic carbocycles. The van der Waals surface area contributed by atoms with E-state index in [-0.39, 0.29) is 24.0 Å². The summed E-state index contributed by atoms with van der Waals surface area (Å²) in [7, 11) is 3.98. The maximum atomic E-state index is 4.39. The van der Waals surface area contributed by atoms with Crippen LogP contribution in [0, 0.1) is 5.92 Å². The normalized spacial score (nSPS) is 17.0. The van der Waals surface area contributed by atoms with Gasteiger partial charge in [-0.05, 0) is 57.7 Å². The number of allylic oxidation sites excluding steroid dienone is 1. The Morgan fingerprint density at radius 1 is 1.41 bits per heavy atom. The highest BCUT2D eigenvalue weighted by Gasteiger charge is 2.19. The third-order valence-corrected chi connectivity index (χ3v) is 4.27. The number of unbranched alkanes of at least 4 members (excludes halogenated alkanes) is 1. The summed E-state index contributed by atoms with van der Waals surface area (Å²) in [5.41, 5.74) is 0. The van der Waals surface area contributed by atoms with Crippen LogP contribution in [0.4, 0.5) is 0 Å². The van der Waals surface area contributed by atoms with E-state index in [9.17, 15) is 0 Å². The highest BCUT2D eigenvalue weighted by molar-refractivity contribution is 14.0. The summed E-state index contributed by atoms with van der Waals surface area (Å²) in [5, 5.41) is 3.54. The molecule has 0 aliphatic carbocycles. The van der Waals surface area contributed by atoms with E-state index >= 15 is 0 Å². The summed E-state index contributed by atoms with van der Waals surface area (Å²) in [6, 6.07) is 0. The summed E-state index contributed by atoms with van der Waals surface area (Å²) in [6.45, 7) is 11.9. The third-order valence-electron chi connectivity index (χ3n) is 4.27. The van der Waals surface area contributed by atoms with E-state index in [2.05, 4.69) is 40.7 Å². The number of likely N-dealkylation sites (tertiary alicyclic amines) is 1. The van der Waals surface area contributed by atoms with Crippen LogP contribution in [-0.4, -0.2) is 62.6 Å². The van der Waals surface area contributed by atoms with Crippen LogP contribution in [0.2, 0.25) is 0 Å². The number of nitrogens with one attached hydrogen (secondary N) is 1. The number of rotatable bonds is 8. The molecule has 1 fully saturated rings. The van der Waals surface area contributed by atoms with Gasteiger partial charge in [0.15, 0.2) is 5.96 Å². The fourth-order valence-electron chi connectivity index (χ4n) is 2.93. The summed E-state index contributed by atoms with van der Waals surface area (Å²) in [4.78, 5) is 9.20. The quantitative estimate of drug-likeness (QED) is 0.214. The SMILES string of the molecule is C=CCCCN(C)C(=NC)NCC1CCN(CCC)CC1.I. The molecule has 0 aromatic heterocycles. The van der Waals surface area contributed by atoms with Crippen LogP contribution in [0.5, 0.6) is 0 Å². The maximum absolute atomic E-state index is 4.39. The molecule has 5 heteroatoms. The Labute approximate surface area is 154 Å². The molecule has 0 bridgehead atoms. The Morgan fingerprint density at radius 3 is 2.64 bits per heavy atom. The predicted molar refractivity (Wildman–Crippen MR) is 108 cm³/mol. The first-order chi connectivity index (χ1) is 10.2. The lowest BCUT2D eigenvalue weighted by molar-refractivity contribution is 0.185. The van der Waals surface area contributed by atoms with Crippen molar-refractivity contribution in [2.75, 3.05) is 46.8 Å². The first-order valence-corrected chi connectivity index (χ1v) is 8.46. The number of nitrogens with zero attached hydrogens (tertiary/aromatic N) is 3. The molecule has 0 spiro atoms. The lowest BCUT2D eigenvalue weighted by Crippen LogP contribution is -2.43. The number of halogens is 1. The van der Waals surface area contributed by atoms with Crippen LogP contribution in [0.1, 0.15) is 39.0 Å². The van der Waals surface area contributed by atoms with Gasteiger partial charge in [0.2, 0.25) is 0 Å². The van der Waals surface area contributed by atoms with E-state index in [1.807, 2.05) is 13.1 Å². The first kappa shape index (κ1) is 21.7. The van der Waals surface area contributed by atoms with Crippen LogP contribution in [0.3, 0.4) is 0 Å². The van der Waals surface area contributed by atoms with Crippen molar-refractivity contribution in [2.24, 2.45) is 10.9 Å². The van der Waals surface area contributed by atoms with Crippen molar-refractivity contribution in [1.82, 2.24) is 15.1 Å². The summed E-state index contributed by atoms with van der Waals surface area (Å²) in [6.07, 6.45) is 8.07. The number of aliphatic imine (C=N–C) groups is 1. The zero-order valence-corrected chi connectivity index (χ0v) is 17.0. The molecule has 0 radical (unpaired) electrons. The molecule has 0 aromatic rings. The molecule has 1 N–H and O–H groups in total. The van der Waals surface area contributed by atoms with Gasteiger partial charge < -0.3 is 15.1 Å². The maximum Gasteiger partial charge on any atom is 0.193 e. The predicted octanol–water partition coefficient (Wildman–Crippen LogP) is 3.20. The average Bonchev–Trinajstić information content (AvgIpc) is 2.50. The largest absolute Gasteiger partial charge is 0.356 e. The Morgan fingerprint density at radius 2 is 2.09 bits per heavy atom. The molecule has 0 unspecified atom stereocenters. The lowest BCUT2D eigenvalue weighted by atomic mass is 9.97. The Balaban J connectivity index is 0.00000441. The molecule has 0 saturated carbocycles. The number of hydrogen-bond acceptors (Lipinski definition) is 2. The molecule has 130 valence electrons. The molecule has 1 heterocycles. The zero-order valence-electron chi connectivity index (χ0n) is 14.7. The van der Waals surface area contributed by atoms with E-state index in [4.69, 9.17) is 0 Å². The summed E-state index contributed by atoms with van der Waals surface area (Å²) < 4.78 is 0. The molecule has 1 saturated heterocycles. The van der Waals surface area contributed by atoms with Gasteiger partial charge in [-0.1, -0.05) is 13.0 Å². The monoisotopic (exact) mass is 422 g/mol. The molecule has 1 rings (SSSR count). The van der Waals surface area contributed by atoms with E-state index in [0.29, 0.717) is 0 Å². The minimum absolute atomic E-state index is 0. The third kappa shape index (κ3) is 8.36. The second-order valence-electron chi connectivity index (χ2n) is 6.07. The van der Waals surface area contributed by atoms with Crippen molar-refractivity contribution < 1.29 is 0 Å². The number of guanidine groups is 1. The molecular weight excluding hydrogens is 387 g/mol. The molecule has 1 aliphatic rings. The second-order valence-corrected chi connectivity index (χ2v) is 6.07. The summed E-state index contributed by atoms with van der Waals surface area (Å²) >= 11 is 0. The Bertz CT molecular complexity index is 312. The fourth-order valence-corrected chi connectivity index (χ4v) is 2.93. The van der Waals surface area contributed by atoms with E-state index in [0.717, 1.165) is 37.8 Å². The van der Waals surface area contributed by atoms with Crippen LogP contribution in [-0.2, 0) is 0 Å². The van der Waals surface area contributed by atoms with Gasteiger partial charge in [-0.3, -0.25) is 4.99 Å². The molecular formula is C17H35IN4. The number of hydrogen-bond donors (Lipinski definition) is 1. The summed E-state index contributed by atoms with van der Waals surface area (Å²) in [5.74, 6) is 1.81. The minimum atomic E-state index is 0. The van der Waals surface area contributed by atoms with Gasteiger partial charge in [0, 0.05) is 27.2 Å². The van der Waals surface area contributed by atoms with Gasteiger partial charge in [-0.15, -0.1) is 30.6 Å². The van der Waals surface area contributed by atoms with Gasteiger partial charge >= 0.3 is 0 Å². The minimum Gasteiger partial charge on any atom is -0.356 e. The van der Waals surface area contributed by atoms with Gasteiger partial charge in [0.1, 0.15) is 0 Å². The second kappa shape index (κ2) is 13.2. The van der Waals surface area contributed by atoms with E-state index < -0.39 is 0 Å². The highest BCUT2D eigenvalue weighted by Crippen LogP contribution is 2.16. The first-order valence-electron chi connectivity index (χ1n) is 8.46. The molecule has 22 heavy (non-hydrogen) atoms. The fraction of sp³-hybridized carbons (Fsp3) is 0.824. The Kier molecular flexibility index (Phi) is 13.0. The van der Waals surface area contributed by atoms with Crippen molar-refractivity contribution in [3.63, 3.8) is 0 Å². The highest BCUT2D eigenvalue weighted by atomic mass is 127. The van der Waals surface area contributed by atoms with Crippen molar-refractivity contribution in [2.45, 2.75) is 39.0 Å². The van der Waals surface area contributed by atoms with Crippen LogP contribution >= 0.6 is 24.0 Å². The average molecular weight is 422 g/mol. The van der Waals surface area contributed by atoms with Gasteiger partial charge in [-0.2, -0.15) is 0 Å². The van der Waals surface area contributed by atoms with Crippen molar-refractivity contribution >= 4 is 29.9 Å². The van der Waals surface area contributed by atoms with Crippen molar-refractivity contribution in [1.29, 1.82) is 0 Å². The number of piperidine rings is 1. The van der Waals surface area contributed by atoms with Crippen molar-refractivity contribution in [3.05, 3.63) is 12.7 Å². The zero-order chi connectivity index (χ0) is 15.5. The van der Waals surface area contributed by atoms with Crippen molar-refractivity contribution in [3.8, 4) is 0 Å². The molecule has 1 aliphatic heterocycles. The smallest absolute Gasteiger partial charge is 0.193 e. The van der Waals surface area contributed by atoms with E-state index in [1.54, 1.807) is 0 Å². The van der Waals surface area contributed by atoms with Gasteiger partial charge in [0.25, 0.3) is 0 Å². The molecule has 4 nitrogen and oxygen atoms in total. The molecule has 0 atom stereocenters. The topological polar surface area (TPSA) is 30.9 Å². The Hall–Kier alpha value is -0.300. The van der Waals surface area contributed by atoms with Gasteiger partial charge in [0.05, 0.1) is 0 Å². The standard InChI is InChI=1S/C17H34N4.HI/c1-5-7-8-12-20(4)17(18-3)19-15-16-9-13-21(11-6-2)14-10-16;/h5,16H,1,6-15H2,2-4H3,(H,18,19);1H. The molecule has 0 amide bonds. The lowest BCUT2D eigenvalue weighted by Gasteiger charge is -2.32. The van der Waals surface area contributed by atoms with Crippen LogP contribution < -0.4 is 5.32 Å². The van der Waals surface area contributed by atoms with E-state index in [1.165, 1.54) is 38.9 Å².